The Kier molecular flexibility index (Phi) is 6.69. The van der Waals surface area contributed by atoms with E-state index in [-0.39, 0.29) is 11.3 Å². The average Bonchev–Trinajstić information content (AvgIpc) is 2.45. The van der Waals surface area contributed by atoms with Crippen molar-refractivity contribution in [1.29, 1.82) is 0 Å². The zero-order valence-corrected chi connectivity index (χ0v) is 15.8. The van der Waals surface area contributed by atoms with E-state index in [9.17, 15) is 22.5 Å². The van der Waals surface area contributed by atoms with Crippen molar-refractivity contribution < 1.29 is 27.3 Å². The first-order chi connectivity index (χ1) is 11.3. The van der Waals surface area contributed by atoms with E-state index in [1.54, 1.807) is 20.8 Å². The van der Waals surface area contributed by atoms with Crippen molar-refractivity contribution in [2.75, 3.05) is 0 Å². The second-order valence-electron chi connectivity index (χ2n) is 6.73. The van der Waals surface area contributed by atoms with Crippen LogP contribution < -0.4 is 0 Å². The first-order valence-corrected chi connectivity index (χ1v) is 8.74. The normalized spacial score (nSPS) is 14.6. The molecular formula is C17H22F3NO3S. The second-order valence-corrected chi connectivity index (χ2v) is 8.64. The van der Waals surface area contributed by atoms with Gasteiger partial charge in [-0.1, -0.05) is 16.5 Å². The van der Waals surface area contributed by atoms with E-state index in [0.717, 1.165) is 6.07 Å². The lowest BCUT2D eigenvalue weighted by Crippen LogP contribution is -2.32. The number of carbonyl (C=O) groups excluding carboxylic acids is 1. The molecule has 0 aromatic heterocycles. The van der Waals surface area contributed by atoms with Crippen LogP contribution in [0.2, 0.25) is 0 Å². The van der Waals surface area contributed by atoms with Crippen LogP contribution in [0.3, 0.4) is 0 Å². The topological polar surface area (TPSA) is 61.7 Å². The number of hydrogen-bond donors (Lipinski definition) is 0. The molecule has 4 nitrogen and oxygen atoms in total. The SMILES string of the molecule is C/C(=N/[S@+]([O-])C(C)(C)C)c1cccc(C(F)(F)C(=O)OC(C)C)c1F. The van der Waals surface area contributed by atoms with Crippen LogP contribution in [0, 0.1) is 5.82 Å². The summed E-state index contributed by atoms with van der Waals surface area (Å²) in [5, 5.41) is 0. The average molecular weight is 377 g/mol. The molecule has 1 aromatic rings. The van der Waals surface area contributed by atoms with Gasteiger partial charge < -0.3 is 9.29 Å². The first kappa shape index (κ1) is 21.5. The molecule has 1 atom stereocenters. The van der Waals surface area contributed by atoms with Crippen molar-refractivity contribution in [2.24, 2.45) is 4.40 Å². The van der Waals surface area contributed by atoms with E-state index < -0.39 is 45.5 Å². The van der Waals surface area contributed by atoms with Crippen LogP contribution in [-0.4, -0.2) is 27.1 Å². The lowest BCUT2D eigenvalue weighted by atomic mass is 10.0. The molecule has 0 saturated carbocycles. The number of halogens is 3. The van der Waals surface area contributed by atoms with Gasteiger partial charge in [0, 0.05) is 5.56 Å². The number of nitrogens with zero attached hydrogens (tertiary/aromatic N) is 1. The van der Waals surface area contributed by atoms with Gasteiger partial charge in [-0.2, -0.15) is 8.78 Å². The molecule has 0 fully saturated rings. The Morgan fingerprint density at radius 1 is 1.28 bits per heavy atom. The fourth-order valence-electron chi connectivity index (χ4n) is 1.76. The Morgan fingerprint density at radius 2 is 1.84 bits per heavy atom. The summed E-state index contributed by atoms with van der Waals surface area (Å²) < 4.78 is 62.9. The van der Waals surface area contributed by atoms with Gasteiger partial charge in [0.25, 0.3) is 0 Å². The maximum atomic E-state index is 14.6. The third-order valence-electron chi connectivity index (χ3n) is 3.07. The van der Waals surface area contributed by atoms with Crippen LogP contribution in [-0.2, 0) is 26.8 Å². The molecule has 0 saturated heterocycles. The molecule has 0 heterocycles. The molecule has 1 rings (SSSR count). The maximum Gasteiger partial charge on any atom is 0.382 e. The maximum absolute atomic E-state index is 14.6. The predicted octanol–water partition coefficient (Wildman–Crippen LogP) is 4.14. The highest BCUT2D eigenvalue weighted by Crippen LogP contribution is 2.33. The summed E-state index contributed by atoms with van der Waals surface area (Å²) in [5.41, 5.74) is -1.35. The Morgan fingerprint density at radius 3 is 2.32 bits per heavy atom. The van der Waals surface area contributed by atoms with Gasteiger partial charge in [-0.15, -0.1) is 0 Å². The highest BCUT2D eigenvalue weighted by atomic mass is 32.2. The van der Waals surface area contributed by atoms with Crippen LogP contribution >= 0.6 is 0 Å². The molecule has 1 aromatic carbocycles. The second kappa shape index (κ2) is 7.78. The zero-order chi connectivity index (χ0) is 19.6. The van der Waals surface area contributed by atoms with E-state index in [0.29, 0.717) is 0 Å². The quantitative estimate of drug-likeness (QED) is 0.440. The van der Waals surface area contributed by atoms with Crippen molar-refractivity contribution in [1.82, 2.24) is 0 Å². The zero-order valence-electron chi connectivity index (χ0n) is 15.0. The van der Waals surface area contributed by atoms with Gasteiger partial charge in [0.05, 0.1) is 17.4 Å². The third kappa shape index (κ3) is 5.22. The highest BCUT2D eigenvalue weighted by Gasteiger charge is 2.46. The van der Waals surface area contributed by atoms with Crippen LogP contribution in [0.5, 0.6) is 0 Å². The van der Waals surface area contributed by atoms with Crippen LogP contribution in [0.15, 0.2) is 22.6 Å². The van der Waals surface area contributed by atoms with E-state index in [2.05, 4.69) is 9.13 Å². The summed E-state index contributed by atoms with van der Waals surface area (Å²) in [5.74, 6) is -7.26. The van der Waals surface area contributed by atoms with Gasteiger partial charge in [-0.05, 0) is 47.6 Å². The van der Waals surface area contributed by atoms with E-state index in [1.807, 2.05) is 0 Å². The molecule has 0 aliphatic rings. The van der Waals surface area contributed by atoms with Crippen molar-refractivity contribution >= 4 is 23.0 Å². The van der Waals surface area contributed by atoms with E-state index >= 15 is 0 Å². The number of hydrogen-bond acceptors (Lipinski definition) is 4. The summed E-state index contributed by atoms with van der Waals surface area (Å²) in [7, 11) is 0. The Bertz CT molecular complexity index is 670. The number of rotatable bonds is 5. The van der Waals surface area contributed by atoms with Gasteiger partial charge in [0.2, 0.25) is 0 Å². The summed E-state index contributed by atoms with van der Waals surface area (Å²) in [4.78, 5) is 11.6. The molecule has 0 N–H and O–H groups in total. The minimum absolute atomic E-state index is 0.000588. The molecule has 0 amide bonds. The minimum atomic E-state index is -4.15. The van der Waals surface area contributed by atoms with Gasteiger partial charge in [-0.25, -0.2) is 9.18 Å². The van der Waals surface area contributed by atoms with Crippen LogP contribution in [0.4, 0.5) is 13.2 Å². The molecule has 25 heavy (non-hydrogen) atoms. The van der Waals surface area contributed by atoms with Gasteiger partial charge in [0.1, 0.15) is 21.9 Å². The number of alkyl halides is 2. The van der Waals surface area contributed by atoms with Gasteiger partial charge in [-0.3, -0.25) is 0 Å². The van der Waals surface area contributed by atoms with Gasteiger partial charge in [0.15, 0.2) is 0 Å². The Labute approximate surface area is 148 Å². The minimum Gasteiger partial charge on any atom is -0.591 e. The summed E-state index contributed by atoms with van der Waals surface area (Å²) >= 11 is -1.68. The molecule has 0 bridgehead atoms. The molecule has 8 heteroatoms. The number of carbonyl (C=O) groups is 1. The first-order valence-electron chi connectivity index (χ1n) is 7.64. The number of benzene rings is 1. The molecule has 0 aliphatic carbocycles. The van der Waals surface area contributed by atoms with E-state index in [4.69, 9.17) is 0 Å². The molecule has 0 unspecified atom stereocenters. The smallest absolute Gasteiger partial charge is 0.382 e. The number of esters is 1. The molecule has 0 spiro atoms. The number of ether oxygens (including phenoxy) is 1. The lowest BCUT2D eigenvalue weighted by molar-refractivity contribution is -0.178. The highest BCUT2D eigenvalue weighted by molar-refractivity contribution is 7.91. The van der Waals surface area contributed by atoms with Crippen molar-refractivity contribution in [2.45, 2.75) is 58.3 Å². The van der Waals surface area contributed by atoms with Crippen LogP contribution in [0.1, 0.15) is 52.7 Å². The monoisotopic (exact) mass is 377 g/mol. The molecule has 0 aliphatic heterocycles. The molecular weight excluding hydrogens is 355 g/mol. The molecule has 140 valence electrons. The van der Waals surface area contributed by atoms with Gasteiger partial charge >= 0.3 is 11.9 Å². The Hall–Kier alpha value is -1.54. The predicted molar refractivity (Wildman–Crippen MR) is 91.6 cm³/mol. The standard InChI is InChI=1S/C17H22F3NO3S/c1-10(2)24-15(22)17(19,20)13-9-7-8-12(14(13)18)11(3)21-25(23)16(4,5)6/h7-10H,1-6H3/b21-11-/t25-/m1/s1. The molecule has 0 radical (unpaired) electrons. The lowest BCUT2D eigenvalue weighted by Gasteiger charge is -2.20. The largest absolute Gasteiger partial charge is 0.591 e. The summed E-state index contributed by atoms with van der Waals surface area (Å²) in [6, 6.07) is 3.24. The summed E-state index contributed by atoms with van der Waals surface area (Å²) in [6.45, 7) is 9.25. The van der Waals surface area contributed by atoms with Crippen molar-refractivity contribution in [3.05, 3.63) is 35.1 Å². The fourth-order valence-corrected chi connectivity index (χ4v) is 2.38. The van der Waals surface area contributed by atoms with Crippen molar-refractivity contribution in [3.8, 4) is 0 Å². The van der Waals surface area contributed by atoms with E-state index in [1.165, 1.54) is 32.9 Å². The third-order valence-corrected chi connectivity index (χ3v) is 4.56. The van der Waals surface area contributed by atoms with Crippen molar-refractivity contribution in [3.63, 3.8) is 0 Å². The Balaban J connectivity index is 3.31. The van der Waals surface area contributed by atoms with Crippen LogP contribution in [0.25, 0.3) is 0 Å². The fraction of sp³-hybridized carbons (Fsp3) is 0.529. The summed E-state index contributed by atoms with van der Waals surface area (Å²) in [6.07, 6.45) is -0.762.